The van der Waals surface area contributed by atoms with E-state index < -0.39 is 5.97 Å². The summed E-state index contributed by atoms with van der Waals surface area (Å²) in [6.45, 7) is 2.65. The highest BCUT2D eigenvalue weighted by molar-refractivity contribution is 5.98. The number of carboxylic acids is 1. The van der Waals surface area contributed by atoms with Crippen molar-refractivity contribution in [1.29, 1.82) is 0 Å². The first kappa shape index (κ1) is 23.1. The third kappa shape index (κ3) is 10.9. The summed E-state index contributed by atoms with van der Waals surface area (Å²) in [5, 5.41) is 16.5. The molecule has 0 aliphatic heterocycles. The lowest BCUT2D eigenvalue weighted by Gasteiger charge is -2.08. The van der Waals surface area contributed by atoms with E-state index in [1.54, 1.807) is 6.20 Å². The number of pyridine rings is 1. The molecule has 8 nitrogen and oxygen atoms in total. The van der Waals surface area contributed by atoms with Gasteiger partial charge in [-0.1, -0.05) is 19.8 Å². The molecule has 0 aliphatic carbocycles. The Morgan fingerprint density at radius 3 is 2.68 bits per heavy atom. The van der Waals surface area contributed by atoms with E-state index in [1.165, 1.54) is 0 Å². The van der Waals surface area contributed by atoms with E-state index in [2.05, 4.69) is 22.1 Å². The molecule has 154 valence electrons. The molecule has 0 radical (unpaired) electrons. The van der Waals surface area contributed by atoms with Crippen LogP contribution in [0.4, 0.5) is 0 Å². The Hall–Kier alpha value is -2.90. The number of nitrogens with zero attached hydrogens (tertiary/aromatic N) is 3. The smallest absolute Gasteiger partial charge is 0.303 e. The van der Waals surface area contributed by atoms with Crippen LogP contribution in [0.1, 0.15) is 64.0 Å². The molecule has 0 amide bonds. The summed E-state index contributed by atoms with van der Waals surface area (Å²) in [5.74, 6) is -0.171. The second-order valence-corrected chi connectivity index (χ2v) is 6.35. The van der Waals surface area contributed by atoms with E-state index in [0.29, 0.717) is 24.5 Å². The highest BCUT2D eigenvalue weighted by atomic mass is 16.5. The molecule has 1 aromatic heterocycles. The van der Waals surface area contributed by atoms with Crippen LogP contribution in [-0.2, 0) is 4.79 Å². The Morgan fingerprint density at radius 2 is 1.96 bits per heavy atom. The number of hydrogen-bond donors (Lipinski definition) is 3. The van der Waals surface area contributed by atoms with E-state index in [1.807, 2.05) is 24.3 Å². The third-order valence-electron chi connectivity index (χ3n) is 3.86. The SMILES string of the molecule is CCCCCC(/C=C/c1ncccc1OCCCCCC(=O)O)=N\N=C(N)N. The predicted octanol–water partition coefficient (Wildman–Crippen LogP) is 3.33. The van der Waals surface area contributed by atoms with Crippen LogP contribution < -0.4 is 16.2 Å². The van der Waals surface area contributed by atoms with Crippen LogP contribution in [-0.4, -0.2) is 34.3 Å². The van der Waals surface area contributed by atoms with Gasteiger partial charge in [-0.15, -0.1) is 5.10 Å². The van der Waals surface area contributed by atoms with Crippen molar-refractivity contribution in [2.24, 2.45) is 21.7 Å². The fraction of sp³-hybridized carbons (Fsp3) is 0.500. The van der Waals surface area contributed by atoms with Gasteiger partial charge >= 0.3 is 5.97 Å². The summed E-state index contributed by atoms with van der Waals surface area (Å²) in [6.07, 6.45) is 11.8. The van der Waals surface area contributed by atoms with Gasteiger partial charge in [-0.05, 0) is 56.4 Å². The third-order valence-corrected chi connectivity index (χ3v) is 3.86. The maximum absolute atomic E-state index is 10.5. The van der Waals surface area contributed by atoms with E-state index in [4.69, 9.17) is 21.3 Å². The normalized spacial score (nSPS) is 11.5. The minimum atomic E-state index is -0.766. The van der Waals surface area contributed by atoms with Crippen LogP contribution in [0.3, 0.4) is 0 Å². The van der Waals surface area contributed by atoms with Gasteiger partial charge in [-0.25, -0.2) is 0 Å². The molecule has 0 saturated carbocycles. The molecule has 28 heavy (non-hydrogen) atoms. The number of carboxylic acid groups (broad SMARTS) is 1. The van der Waals surface area contributed by atoms with Gasteiger partial charge in [0.25, 0.3) is 0 Å². The standard InChI is InChI=1S/C20H31N5O3/c1-2-3-5-9-16(24-25-20(21)22)12-13-17-18(10-8-14-23-17)28-15-7-4-6-11-19(26)27/h8,10,12-14H,2-7,9,11,15H2,1H3,(H,26,27)(H4,21,22,25)/b13-12+,24-16+. The molecule has 0 fully saturated rings. The molecule has 0 aliphatic rings. The number of aromatic nitrogens is 1. The number of allylic oxidation sites excluding steroid dienone is 1. The maximum Gasteiger partial charge on any atom is 0.303 e. The zero-order chi connectivity index (χ0) is 20.6. The van der Waals surface area contributed by atoms with Crippen LogP contribution in [0.2, 0.25) is 0 Å². The van der Waals surface area contributed by atoms with Crippen molar-refractivity contribution in [3.63, 3.8) is 0 Å². The van der Waals surface area contributed by atoms with Gasteiger partial charge in [0.1, 0.15) is 11.4 Å². The highest BCUT2D eigenvalue weighted by Gasteiger charge is 2.03. The topological polar surface area (TPSA) is 136 Å². The lowest BCUT2D eigenvalue weighted by Crippen LogP contribution is -2.22. The van der Waals surface area contributed by atoms with Gasteiger partial charge in [0.2, 0.25) is 5.96 Å². The maximum atomic E-state index is 10.5. The second-order valence-electron chi connectivity index (χ2n) is 6.35. The summed E-state index contributed by atoms with van der Waals surface area (Å²) >= 11 is 0. The van der Waals surface area contributed by atoms with E-state index in [-0.39, 0.29) is 12.4 Å². The van der Waals surface area contributed by atoms with Gasteiger partial charge in [0.15, 0.2) is 0 Å². The number of carbonyl (C=O) groups is 1. The van der Waals surface area contributed by atoms with E-state index >= 15 is 0 Å². The van der Waals surface area contributed by atoms with Crippen molar-refractivity contribution in [1.82, 2.24) is 4.98 Å². The summed E-state index contributed by atoms with van der Waals surface area (Å²) in [7, 11) is 0. The number of unbranched alkanes of at least 4 members (excludes halogenated alkanes) is 4. The molecule has 0 unspecified atom stereocenters. The van der Waals surface area contributed by atoms with Gasteiger partial charge in [-0.2, -0.15) is 5.10 Å². The Bertz CT molecular complexity index is 682. The number of hydrogen-bond acceptors (Lipinski definition) is 5. The Balaban J connectivity index is 2.68. The second kappa shape index (κ2) is 14.2. The van der Waals surface area contributed by atoms with Gasteiger partial charge in [0.05, 0.1) is 12.3 Å². The molecule has 0 spiro atoms. The van der Waals surface area contributed by atoms with Crippen LogP contribution in [0, 0.1) is 0 Å². The number of ether oxygens (including phenoxy) is 1. The number of nitrogens with two attached hydrogens (primary N) is 2. The Labute approximate surface area is 166 Å². The van der Waals surface area contributed by atoms with E-state index in [9.17, 15) is 4.79 Å². The molecule has 1 rings (SSSR count). The average molecular weight is 390 g/mol. The first-order chi connectivity index (χ1) is 13.5. The average Bonchev–Trinajstić information content (AvgIpc) is 2.66. The van der Waals surface area contributed by atoms with Crippen molar-refractivity contribution >= 4 is 23.7 Å². The Kier molecular flexibility index (Phi) is 11.7. The summed E-state index contributed by atoms with van der Waals surface area (Å²) < 4.78 is 5.80. The van der Waals surface area contributed by atoms with Crippen molar-refractivity contribution in [3.8, 4) is 5.75 Å². The first-order valence-electron chi connectivity index (χ1n) is 9.66. The monoisotopic (exact) mass is 389 g/mol. The number of aliphatic carboxylic acids is 1. The minimum absolute atomic E-state index is 0.0776. The minimum Gasteiger partial charge on any atom is -0.491 e. The largest absolute Gasteiger partial charge is 0.491 e. The summed E-state index contributed by atoms with van der Waals surface area (Å²) in [4.78, 5) is 14.9. The van der Waals surface area contributed by atoms with Crippen molar-refractivity contribution in [2.45, 2.75) is 58.3 Å². The molecular weight excluding hydrogens is 358 g/mol. The molecule has 0 bridgehead atoms. The van der Waals surface area contributed by atoms with Crippen LogP contribution in [0.5, 0.6) is 5.75 Å². The molecule has 0 atom stereocenters. The first-order valence-corrected chi connectivity index (χ1v) is 9.66. The summed E-state index contributed by atoms with van der Waals surface area (Å²) in [6, 6.07) is 3.67. The van der Waals surface area contributed by atoms with Gasteiger partial charge < -0.3 is 21.3 Å². The van der Waals surface area contributed by atoms with Crippen molar-refractivity contribution in [3.05, 3.63) is 30.1 Å². The zero-order valence-corrected chi connectivity index (χ0v) is 16.5. The molecular formula is C20H31N5O3. The molecule has 1 heterocycles. The van der Waals surface area contributed by atoms with Crippen molar-refractivity contribution < 1.29 is 14.6 Å². The fourth-order valence-corrected chi connectivity index (χ4v) is 2.41. The predicted molar refractivity (Wildman–Crippen MR) is 112 cm³/mol. The molecule has 1 aromatic rings. The number of guanidine groups is 1. The van der Waals surface area contributed by atoms with Crippen LogP contribution in [0.15, 0.2) is 34.6 Å². The molecule has 0 aromatic carbocycles. The lowest BCUT2D eigenvalue weighted by molar-refractivity contribution is -0.137. The van der Waals surface area contributed by atoms with Crippen LogP contribution in [0.25, 0.3) is 6.08 Å². The Morgan fingerprint density at radius 1 is 1.18 bits per heavy atom. The molecule has 8 heteroatoms. The van der Waals surface area contributed by atoms with Gasteiger partial charge in [-0.3, -0.25) is 9.78 Å². The fourth-order valence-electron chi connectivity index (χ4n) is 2.41. The number of rotatable bonds is 14. The van der Waals surface area contributed by atoms with E-state index in [0.717, 1.165) is 44.2 Å². The quantitative estimate of drug-likeness (QED) is 0.193. The van der Waals surface area contributed by atoms with Crippen molar-refractivity contribution in [2.75, 3.05) is 6.61 Å². The molecule has 5 N–H and O–H groups in total. The van der Waals surface area contributed by atoms with Gasteiger partial charge in [0, 0.05) is 12.6 Å². The highest BCUT2D eigenvalue weighted by Crippen LogP contribution is 2.18. The molecule has 0 saturated heterocycles. The van der Waals surface area contributed by atoms with Crippen LogP contribution >= 0.6 is 0 Å². The lowest BCUT2D eigenvalue weighted by atomic mass is 10.1. The summed E-state index contributed by atoms with van der Waals surface area (Å²) in [5.41, 5.74) is 12.2. The zero-order valence-electron chi connectivity index (χ0n) is 16.5.